The Bertz CT molecular complexity index is 1150. The van der Waals surface area contributed by atoms with Crippen LogP contribution in [-0.4, -0.2) is 16.0 Å². The van der Waals surface area contributed by atoms with Gasteiger partial charge in [-0.1, -0.05) is 36.3 Å². The summed E-state index contributed by atoms with van der Waals surface area (Å²) in [6.07, 6.45) is 4.13. The van der Waals surface area contributed by atoms with E-state index in [0.717, 1.165) is 16.3 Å². The van der Waals surface area contributed by atoms with Crippen molar-refractivity contribution in [3.05, 3.63) is 89.8 Å². The first-order valence-electron chi connectivity index (χ1n) is 9.61. The Morgan fingerprint density at radius 1 is 1.20 bits per heavy atom. The molecule has 1 amide bonds. The lowest BCUT2D eigenvalue weighted by Crippen LogP contribution is -2.28. The van der Waals surface area contributed by atoms with Crippen molar-refractivity contribution >= 4 is 16.7 Å². The average Bonchev–Trinajstić information content (AvgIpc) is 3.26. The largest absolute Gasteiger partial charge is 0.485 e. The summed E-state index contributed by atoms with van der Waals surface area (Å²) in [6.45, 7) is 2.08. The lowest BCUT2D eigenvalue weighted by Gasteiger charge is -2.16. The number of aromatic nitrogens is 2. The van der Waals surface area contributed by atoms with E-state index in [1.54, 1.807) is 30.6 Å². The Hall–Kier alpha value is -3.74. The highest BCUT2D eigenvalue weighted by Gasteiger charge is 2.18. The molecule has 0 aliphatic carbocycles. The third-order valence-corrected chi connectivity index (χ3v) is 4.79. The van der Waals surface area contributed by atoms with Crippen molar-refractivity contribution in [1.29, 1.82) is 0 Å². The number of hydrogen-bond acceptors (Lipinski definition) is 5. The van der Waals surface area contributed by atoms with Gasteiger partial charge in [0, 0.05) is 29.2 Å². The molecule has 0 saturated carbocycles. The molecule has 0 radical (unpaired) electrons. The van der Waals surface area contributed by atoms with Crippen LogP contribution in [0.3, 0.4) is 0 Å². The quantitative estimate of drug-likeness (QED) is 0.477. The fourth-order valence-corrected chi connectivity index (χ4v) is 3.20. The number of fused-ring (bicyclic) bond motifs is 1. The van der Waals surface area contributed by atoms with Gasteiger partial charge >= 0.3 is 0 Å². The van der Waals surface area contributed by atoms with Crippen molar-refractivity contribution in [3.63, 3.8) is 0 Å². The molecule has 1 N–H and O–H groups in total. The smallest absolute Gasteiger partial charge is 0.273 e. The molecule has 2 heterocycles. The Morgan fingerprint density at radius 2 is 2.03 bits per heavy atom. The minimum atomic E-state index is -0.364. The van der Waals surface area contributed by atoms with Crippen molar-refractivity contribution in [2.24, 2.45) is 0 Å². The third kappa shape index (κ3) is 4.30. The monoisotopic (exact) mass is 405 g/mol. The van der Waals surface area contributed by atoms with Gasteiger partial charge in [-0.2, -0.15) is 0 Å². The van der Waals surface area contributed by atoms with Crippen LogP contribution < -0.4 is 10.1 Å². The number of hydrogen-bond donors (Lipinski definition) is 1. The minimum absolute atomic E-state index is 0.136. The summed E-state index contributed by atoms with van der Waals surface area (Å²) in [6, 6.07) is 15.0. The van der Waals surface area contributed by atoms with Gasteiger partial charge in [0.1, 0.15) is 18.2 Å². The minimum Gasteiger partial charge on any atom is -0.485 e. The molecular formula is C23H20FN3O3. The Kier molecular flexibility index (Phi) is 5.70. The van der Waals surface area contributed by atoms with E-state index in [-0.39, 0.29) is 30.1 Å². The number of halogens is 1. The van der Waals surface area contributed by atoms with Gasteiger partial charge in [0.05, 0.1) is 6.04 Å². The van der Waals surface area contributed by atoms with Crippen LogP contribution in [0.1, 0.15) is 41.2 Å². The van der Waals surface area contributed by atoms with Crippen LogP contribution in [0.15, 0.2) is 71.5 Å². The SMILES string of the molecule is CC[C@H](NC(=O)c1cc(COc2cccc3cnccc23)on1)c1ccc(F)cc1. The maximum absolute atomic E-state index is 13.1. The first-order chi connectivity index (χ1) is 14.6. The highest BCUT2D eigenvalue weighted by molar-refractivity contribution is 5.92. The van der Waals surface area contributed by atoms with Gasteiger partial charge in [0.15, 0.2) is 11.5 Å². The lowest BCUT2D eigenvalue weighted by molar-refractivity contribution is 0.0926. The molecule has 1 atom stereocenters. The average molecular weight is 405 g/mol. The fraction of sp³-hybridized carbons (Fsp3) is 0.174. The van der Waals surface area contributed by atoms with Crippen LogP contribution in [-0.2, 0) is 6.61 Å². The molecule has 0 bridgehead atoms. The van der Waals surface area contributed by atoms with Gasteiger partial charge in [-0.05, 0) is 36.2 Å². The van der Waals surface area contributed by atoms with Crippen LogP contribution in [0, 0.1) is 5.82 Å². The van der Waals surface area contributed by atoms with Crippen LogP contribution in [0.2, 0.25) is 0 Å². The normalized spacial score (nSPS) is 11.9. The van der Waals surface area contributed by atoms with E-state index in [1.165, 1.54) is 12.1 Å². The van der Waals surface area contributed by atoms with Gasteiger partial charge in [-0.25, -0.2) is 4.39 Å². The second-order valence-corrected chi connectivity index (χ2v) is 6.81. The van der Waals surface area contributed by atoms with Crippen molar-refractivity contribution in [1.82, 2.24) is 15.5 Å². The number of nitrogens with one attached hydrogen (secondary N) is 1. The van der Waals surface area contributed by atoms with E-state index in [9.17, 15) is 9.18 Å². The third-order valence-electron chi connectivity index (χ3n) is 4.79. The van der Waals surface area contributed by atoms with E-state index in [4.69, 9.17) is 9.26 Å². The number of nitrogens with zero attached hydrogens (tertiary/aromatic N) is 2. The van der Waals surface area contributed by atoms with Crippen molar-refractivity contribution in [2.45, 2.75) is 26.0 Å². The molecule has 2 aromatic heterocycles. The summed E-state index contributed by atoms with van der Waals surface area (Å²) in [5, 5.41) is 8.66. The molecule has 6 nitrogen and oxygen atoms in total. The molecule has 0 fully saturated rings. The second kappa shape index (κ2) is 8.73. The molecule has 30 heavy (non-hydrogen) atoms. The molecular weight excluding hydrogens is 385 g/mol. The zero-order chi connectivity index (χ0) is 20.9. The van der Waals surface area contributed by atoms with Crippen LogP contribution in [0.5, 0.6) is 5.75 Å². The Morgan fingerprint density at radius 3 is 2.83 bits per heavy atom. The van der Waals surface area contributed by atoms with Crippen molar-refractivity contribution < 1.29 is 18.4 Å². The first kappa shape index (κ1) is 19.6. The summed E-state index contributed by atoms with van der Waals surface area (Å²) in [7, 11) is 0. The number of rotatable bonds is 7. The van der Waals surface area contributed by atoms with Gasteiger partial charge in [-0.15, -0.1) is 0 Å². The molecule has 2 aromatic carbocycles. The molecule has 4 rings (SSSR count). The summed E-state index contributed by atoms with van der Waals surface area (Å²) >= 11 is 0. The van der Waals surface area contributed by atoms with Crippen molar-refractivity contribution in [2.75, 3.05) is 0 Å². The van der Waals surface area contributed by atoms with E-state index in [1.807, 2.05) is 31.2 Å². The maximum atomic E-state index is 13.1. The van der Waals surface area contributed by atoms with Gasteiger partial charge in [-0.3, -0.25) is 9.78 Å². The maximum Gasteiger partial charge on any atom is 0.273 e. The first-order valence-corrected chi connectivity index (χ1v) is 9.61. The van der Waals surface area contributed by atoms with E-state index < -0.39 is 0 Å². The zero-order valence-electron chi connectivity index (χ0n) is 16.3. The molecule has 152 valence electrons. The van der Waals surface area contributed by atoms with E-state index in [2.05, 4.69) is 15.5 Å². The molecule has 0 aliphatic heterocycles. The van der Waals surface area contributed by atoms with Gasteiger partial charge < -0.3 is 14.6 Å². The van der Waals surface area contributed by atoms with Crippen molar-refractivity contribution in [3.8, 4) is 5.75 Å². The summed E-state index contributed by atoms with van der Waals surface area (Å²) in [4.78, 5) is 16.7. The standard InChI is InChI=1S/C23H20FN3O3/c1-2-20(15-6-8-17(24)9-7-15)26-23(28)21-12-18(30-27-21)14-29-22-5-3-4-16-13-25-11-10-19(16)22/h3-13,20H,2,14H2,1H3,(H,26,28)/t20-/m0/s1. The Balaban J connectivity index is 1.41. The number of pyridine rings is 1. The van der Waals surface area contributed by atoms with Gasteiger partial charge in [0.25, 0.3) is 5.91 Å². The number of carbonyl (C=O) groups is 1. The molecule has 0 aliphatic rings. The molecule has 0 spiro atoms. The molecule has 0 unspecified atom stereocenters. The molecule has 0 saturated heterocycles. The fourth-order valence-electron chi connectivity index (χ4n) is 3.20. The number of ether oxygens (including phenoxy) is 1. The highest BCUT2D eigenvalue weighted by Crippen LogP contribution is 2.25. The predicted molar refractivity (Wildman–Crippen MR) is 109 cm³/mol. The van der Waals surface area contributed by atoms with E-state index >= 15 is 0 Å². The number of carbonyl (C=O) groups excluding carboxylic acids is 1. The highest BCUT2D eigenvalue weighted by atomic mass is 19.1. The second-order valence-electron chi connectivity index (χ2n) is 6.81. The molecule has 4 aromatic rings. The van der Waals surface area contributed by atoms with Crippen LogP contribution in [0.4, 0.5) is 4.39 Å². The summed E-state index contributed by atoms with van der Waals surface area (Å²) < 4.78 is 24.3. The van der Waals surface area contributed by atoms with E-state index in [0.29, 0.717) is 17.9 Å². The Labute approximate surface area is 172 Å². The number of amides is 1. The topological polar surface area (TPSA) is 77.2 Å². The summed E-state index contributed by atoms with van der Waals surface area (Å²) in [5.74, 6) is 0.446. The zero-order valence-corrected chi connectivity index (χ0v) is 16.3. The number of benzene rings is 2. The predicted octanol–water partition coefficient (Wildman–Crippen LogP) is 4.82. The van der Waals surface area contributed by atoms with Crippen LogP contribution in [0.25, 0.3) is 10.8 Å². The van der Waals surface area contributed by atoms with Gasteiger partial charge in [0.2, 0.25) is 0 Å². The van der Waals surface area contributed by atoms with Crippen LogP contribution >= 0.6 is 0 Å². The lowest BCUT2D eigenvalue weighted by atomic mass is 10.0. The molecule has 7 heteroatoms. The summed E-state index contributed by atoms with van der Waals surface area (Å²) in [5.41, 5.74) is 0.987.